The monoisotopic (exact) mass is 163 g/mol. The van der Waals surface area contributed by atoms with E-state index >= 15 is 0 Å². The molecule has 0 fully saturated rings. The summed E-state index contributed by atoms with van der Waals surface area (Å²) in [5.74, 6) is 0. The summed E-state index contributed by atoms with van der Waals surface area (Å²) in [5.41, 5.74) is 15.0. The molecule has 70 valence electrons. The Kier molecular flexibility index (Phi) is 20.1. The van der Waals surface area contributed by atoms with Crippen LogP contribution in [-0.2, 0) is 0 Å². The molecular weight excluding hydrogens is 142 g/mol. The van der Waals surface area contributed by atoms with Gasteiger partial charge >= 0.3 is 0 Å². The zero-order valence-corrected chi connectivity index (χ0v) is 7.13. The number of hydrogen-bond acceptors (Lipinski definition) is 4. The molecule has 7 N–H and O–H groups in total. The summed E-state index contributed by atoms with van der Waals surface area (Å²) in [7, 11) is 0. The molecule has 0 aliphatic heterocycles. The van der Waals surface area contributed by atoms with Gasteiger partial charge in [0, 0.05) is 19.7 Å². The number of unbranched alkanes of at least 4 members (excludes halogenated alkanes) is 2. The number of aliphatic hydroxyl groups is 1. The van der Waals surface area contributed by atoms with Crippen LogP contribution in [0.1, 0.15) is 19.3 Å². The molecule has 0 aromatic heterocycles. The molecule has 0 saturated heterocycles. The SMILES string of the molecule is NCCCCCO.NCCN. The number of aliphatic hydroxyl groups excluding tert-OH is 1. The van der Waals surface area contributed by atoms with Gasteiger partial charge in [0.05, 0.1) is 0 Å². The van der Waals surface area contributed by atoms with Crippen molar-refractivity contribution in [2.24, 2.45) is 17.2 Å². The van der Waals surface area contributed by atoms with E-state index in [9.17, 15) is 0 Å². The molecule has 0 saturated carbocycles. The molecule has 0 bridgehead atoms. The molecule has 4 heteroatoms. The van der Waals surface area contributed by atoms with Crippen molar-refractivity contribution in [1.82, 2.24) is 0 Å². The summed E-state index contributed by atoms with van der Waals surface area (Å²) in [5, 5.41) is 8.25. The molecule has 0 spiro atoms. The first-order valence-electron chi connectivity index (χ1n) is 4.04. The minimum atomic E-state index is 0.306. The van der Waals surface area contributed by atoms with Gasteiger partial charge in [-0.2, -0.15) is 0 Å². The van der Waals surface area contributed by atoms with Gasteiger partial charge < -0.3 is 22.3 Å². The first kappa shape index (κ1) is 13.4. The summed E-state index contributed by atoms with van der Waals surface area (Å²) in [4.78, 5) is 0. The van der Waals surface area contributed by atoms with E-state index in [4.69, 9.17) is 22.3 Å². The summed E-state index contributed by atoms with van der Waals surface area (Å²) in [6.45, 7) is 2.25. The third kappa shape index (κ3) is 25.8. The van der Waals surface area contributed by atoms with Gasteiger partial charge in [-0.25, -0.2) is 0 Å². The van der Waals surface area contributed by atoms with E-state index in [1.54, 1.807) is 0 Å². The van der Waals surface area contributed by atoms with Crippen molar-refractivity contribution in [1.29, 1.82) is 0 Å². The predicted octanol–water partition coefficient (Wildman–Crippen LogP) is -0.988. The van der Waals surface area contributed by atoms with Gasteiger partial charge in [-0.1, -0.05) is 0 Å². The van der Waals surface area contributed by atoms with E-state index in [-0.39, 0.29) is 0 Å². The Morgan fingerprint density at radius 2 is 1.27 bits per heavy atom. The van der Waals surface area contributed by atoms with E-state index in [1.807, 2.05) is 0 Å². The highest BCUT2D eigenvalue weighted by atomic mass is 16.2. The third-order valence-electron chi connectivity index (χ3n) is 1.03. The molecule has 0 atom stereocenters. The van der Waals surface area contributed by atoms with Crippen LogP contribution < -0.4 is 17.2 Å². The Morgan fingerprint density at radius 3 is 1.55 bits per heavy atom. The fraction of sp³-hybridized carbons (Fsp3) is 1.00. The average Bonchev–Trinajstić information content (AvgIpc) is 2.06. The maximum Gasteiger partial charge on any atom is 0.0431 e. The lowest BCUT2D eigenvalue weighted by atomic mass is 10.2. The van der Waals surface area contributed by atoms with E-state index < -0.39 is 0 Å². The zero-order chi connectivity index (χ0) is 8.95. The minimum absolute atomic E-state index is 0.306. The number of rotatable bonds is 5. The molecule has 4 nitrogen and oxygen atoms in total. The second-order valence-corrected chi connectivity index (χ2v) is 2.15. The highest BCUT2D eigenvalue weighted by Crippen LogP contribution is 1.89. The van der Waals surface area contributed by atoms with Gasteiger partial charge in [-0.15, -0.1) is 0 Å². The summed E-state index contributed by atoms with van der Waals surface area (Å²) in [6.07, 6.45) is 3.00. The summed E-state index contributed by atoms with van der Waals surface area (Å²) in [6, 6.07) is 0. The van der Waals surface area contributed by atoms with E-state index in [1.165, 1.54) is 0 Å². The topological polar surface area (TPSA) is 98.3 Å². The molecule has 0 unspecified atom stereocenters. The Labute approximate surface area is 68.7 Å². The second kappa shape index (κ2) is 16.4. The van der Waals surface area contributed by atoms with E-state index in [2.05, 4.69) is 0 Å². The van der Waals surface area contributed by atoms with Crippen LogP contribution in [-0.4, -0.2) is 31.3 Å². The number of nitrogens with two attached hydrogens (primary N) is 3. The van der Waals surface area contributed by atoms with Gasteiger partial charge in [0.2, 0.25) is 0 Å². The maximum absolute atomic E-state index is 8.25. The van der Waals surface area contributed by atoms with Gasteiger partial charge in [-0.05, 0) is 25.8 Å². The Balaban J connectivity index is 0. The summed E-state index contributed by atoms with van der Waals surface area (Å²) >= 11 is 0. The van der Waals surface area contributed by atoms with Crippen molar-refractivity contribution >= 4 is 0 Å². The molecule has 0 heterocycles. The summed E-state index contributed by atoms with van der Waals surface area (Å²) < 4.78 is 0. The van der Waals surface area contributed by atoms with Crippen LogP contribution in [0.25, 0.3) is 0 Å². The Bertz CT molecular complexity index is 47.0. The van der Waals surface area contributed by atoms with Crippen LogP contribution in [0.3, 0.4) is 0 Å². The molecule has 0 aliphatic rings. The molecule has 0 rings (SSSR count). The van der Waals surface area contributed by atoms with Gasteiger partial charge in [0.15, 0.2) is 0 Å². The van der Waals surface area contributed by atoms with Crippen molar-refractivity contribution < 1.29 is 5.11 Å². The minimum Gasteiger partial charge on any atom is -0.396 e. The van der Waals surface area contributed by atoms with Crippen molar-refractivity contribution in [3.63, 3.8) is 0 Å². The van der Waals surface area contributed by atoms with Gasteiger partial charge in [-0.3, -0.25) is 0 Å². The Morgan fingerprint density at radius 1 is 0.727 bits per heavy atom. The molecule has 0 aliphatic carbocycles. The standard InChI is InChI=1S/C5H13NO.C2H8N2/c6-4-2-1-3-5-7;3-1-2-4/h7H,1-6H2;1-4H2. The van der Waals surface area contributed by atoms with Crippen LogP contribution in [0.15, 0.2) is 0 Å². The van der Waals surface area contributed by atoms with Crippen molar-refractivity contribution in [2.45, 2.75) is 19.3 Å². The smallest absolute Gasteiger partial charge is 0.0431 e. The normalized spacial score (nSPS) is 8.73. The van der Waals surface area contributed by atoms with Gasteiger partial charge in [0.25, 0.3) is 0 Å². The molecule has 0 aromatic rings. The average molecular weight is 163 g/mol. The highest BCUT2D eigenvalue weighted by Gasteiger charge is 1.81. The second-order valence-electron chi connectivity index (χ2n) is 2.15. The van der Waals surface area contributed by atoms with Crippen LogP contribution in [0.5, 0.6) is 0 Å². The quantitative estimate of drug-likeness (QED) is 0.391. The highest BCUT2D eigenvalue weighted by molar-refractivity contribution is 4.38. The molecule has 0 amide bonds. The molecule has 0 aromatic carbocycles. The molecular formula is C7H21N3O. The number of hydrogen-bond donors (Lipinski definition) is 4. The lowest BCUT2D eigenvalue weighted by Crippen LogP contribution is -2.11. The van der Waals surface area contributed by atoms with Crippen LogP contribution in [0.4, 0.5) is 0 Å². The van der Waals surface area contributed by atoms with Crippen molar-refractivity contribution in [3.05, 3.63) is 0 Å². The van der Waals surface area contributed by atoms with Crippen molar-refractivity contribution in [3.8, 4) is 0 Å². The lowest BCUT2D eigenvalue weighted by molar-refractivity contribution is 0.283. The van der Waals surface area contributed by atoms with E-state index in [0.717, 1.165) is 25.8 Å². The zero-order valence-electron chi connectivity index (χ0n) is 7.13. The van der Waals surface area contributed by atoms with Gasteiger partial charge in [0.1, 0.15) is 0 Å². The maximum atomic E-state index is 8.25. The first-order valence-corrected chi connectivity index (χ1v) is 4.04. The van der Waals surface area contributed by atoms with Crippen molar-refractivity contribution in [2.75, 3.05) is 26.2 Å². The first-order chi connectivity index (χ1) is 5.33. The molecule has 11 heavy (non-hydrogen) atoms. The van der Waals surface area contributed by atoms with E-state index in [0.29, 0.717) is 19.7 Å². The van der Waals surface area contributed by atoms with Crippen LogP contribution >= 0.6 is 0 Å². The van der Waals surface area contributed by atoms with Crippen LogP contribution in [0, 0.1) is 0 Å². The Hall–Kier alpha value is -0.160. The molecule has 0 radical (unpaired) electrons. The third-order valence-corrected chi connectivity index (χ3v) is 1.03. The van der Waals surface area contributed by atoms with Crippen LogP contribution in [0.2, 0.25) is 0 Å². The largest absolute Gasteiger partial charge is 0.396 e. The fourth-order valence-electron chi connectivity index (χ4n) is 0.433. The fourth-order valence-corrected chi connectivity index (χ4v) is 0.433. The predicted molar refractivity (Wildman–Crippen MR) is 48.1 cm³/mol. The lowest BCUT2D eigenvalue weighted by Gasteiger charge is -1.90.